The van der Waals surface area contributed by atoms with Gasteiger partial charge in [0.1, 0.15) is 0 Å². The van der Waals surface area contributed by atoms with Gasteiger partial charge in [-0.1, -0.05) is 0 Å². The third kappa shape index (κ3) is 4.40. The zero-order valence-electron chi connectivity index (χ0n) is 9.29. The lowest BCUT2D eigenvalue weighted by Crippen LogP contribution is -2.31. The summed E-state index contributed by atoms with van der Waals surface area (Å²) in [5, 5.41) is 9.93. The lowest BCUT2D eigenvalue weighted by Gasteiger charge is -2.24. The molecule has 1 N–H and O–H groups in total. The molecule has 0 aromatic rings. The first-order valence-corrected chi connectivity index (χ1v) is 5.56. The van der Waals surface area contributed by atoms with Crippen LogP contribution in [0.2, 0.25) is 0 Å². The van der Waals surface area contributed by atoms with E-state index in [1.165, 1.54) is 0 Å². The fraction of sp³-hybridized carbons (Fsp3) is 1.00. The quantitative estimate of drug-likeness (QED) is 0.713. The van der Waals surface area contributed by atoms with E-state index in [0.29, 0.717) is 19.3 Å². The summed E-state index contributed by atoms with van der Waals surface area (Å²) < 4.78 is 10.7. The molecule has 1 aliphatic rings. The zero-order chi connectivity index (χ0) is 10.4. The van der Waals surface area contributed by atoms with Gasteiger partial charge in [0, 0.05) is 13.2 Å². The Morgan fingerprint density at radius 1 is 1.57 bits per heavy atom. The van der Waals surface area contributed by atoms with E-state index in [-0.39, 0.29) is 0 Å². The molecule has 14 heavy (non-hydrogen) atoms. The summed E-state index contributed by atoms with van der Waals surface area (Å²) in [6, 6.07) is 0. The Labute approximate surface area is 86.4 Å². The Balaban J connectivity index is 2.14. The van der Waals surface area contributed by atoms with Crippen molar-refractivity contribution in [1.29, 1.82) is 0 Å². The van der Waals surface area contributed by atoms with E-state index in [2.05, 4.69) is 0 Å². The molecule has 2 unspecified atom stereocenters. The number of ether oxygens (including phenoxy) is 2. The monoisotopic (exact) mass is 202 g/mol. The summed E-state index contributed by atoms with van der Waals surface area (Å²) in [7, 11) is 0. The molecule has 0 spiro atoms. The molecule has 0 aromatic heterocycles. The summed E-state index contributed by atoms with van der Waals surface area (Å²) in [6.45, 7) is 5.75. The van der Waals surface area contributed by atoms with E-state index in [9.17, 15) is 5.11 Å². The van der Waals surface area contributed by atoms with Crippen LogP contribution in [-0.4, -0.2) is 36.6 Å². The highest BCUT2D eigenvalue weighted by atomic mass is 16.5. The third-order valence-corrected chi connectivity index (χ3v) is 2.65. The van der Waals surface area contributed by atoms with Gasteiger partial charge < -0.3 is 14.6 Å². The molecule has 0 amide bonds. The lowest BCUT2D eigenvalue weighted by atomic mass is 9.98. The number of hydrogen-bond donors (Lipinski definition) is 1. The number of aliphatic hydroxyl groups is 1. The molecule has 1 aliphatic heterocycles. The van der Waals surface area contributed by atoms with Crippen molar-refractivity contribution in [1.82, 2.24) is 0 Å². The maximum Gasteiger partial charge on any atom is 0.0853 e. The Morgan fingerprint density at radius 3 is 2.93 bits per heavy atom. The molecule has 3 nitrogen and oxygen atoms in total. The van der Waals surface area contributed by atoms with Gasteiger partial charge in [0.25, 0.3) is 0 Å². The van der Waals surface area contributed by atoms with Crippen LogP contribution in [0.15, 0.2) is 0 Å². The SMILES string of the molecule is CCOCC(C)(O)CCC1CCCO1. The topological polar surface area (TPSA) is 38.7 Å². The Hall–Kier alpha value is -0.120. The van der Waals surface area contributed by atoms with Gasteiger partial charge in [-0.15, -0.1) is 0 Å². The van der Waals surface area contributed by atoms with E-state index in [1.807, 2.05) is 13.8 Å². The van der Waals surface area contributed by atoms with Crippen molar-refractivity contribution in [3.63, 3.8) is 0 Å². The van der Waals surface area contributed by atoms with Gasteiger partial charge in [0.2, 0.25) is 0 Å². The molecule has 0 aliphatic carbocycles. The normalized spacial score (nSPS) is 26.4. The summed E-state index contributed by atoms with van der Waals surface area (Å²) in [5.41, 5.74) is -0.692. The highest BCUT2D eigenvalue weighted by molar-refractivity contribution is 4.75. The molecular formula is C11H22O3. The third-order valence-electron chi connectivity index (χ3n) is 2.65. The fourth-order valence-electron chi connectivity index (χ4n) is 1.74. The predicted octanol–water partition coefficient (Wildman–Crippen LogP) is 1.73. The van der Waals surface area contributed by atoms with Gasteiger partial charge in [-0.2, -0.15) is 0 Å². The van der Waals surface area contributed by atoms with Crippen LogP contribution in [0, 0.1) is 0 Å². The minimum atomic E-state index is -0.692. The van der Waals surface area contributed by atoms with E-state index in [1.54, 1.807) is 0 Å². The highest BCUT2D eigenvalue weighted by Gasteiger charge is 2.24. The van der Waals surface area contributed by atoms with Gasteiger partial charge in [-0.25, -0.2) is 0 Å². The van der Waals surface area contributed by atoms with Crippen LogP contribution in [0.5, 0.6) is 0 Å². The second-order valence-electron chi connectivity index (χ2n) is 4.31. The second-order valence-corrected chi connectivity index (χ2v) is 4.31. The van der Waals surface area contributed by atoms with E-state index < -0.39 is 5.60 Å². The Morgan fingerprint density at radius 2 is 2.36 bits per heavy atom. The van der Waals surface area contributed by atoms with Gasteiger partial charge in [0.15, 0.2) is 0 Å². The van der Waals surface area contributed by atoms with Crippen LogP contribution in [0.4, 0.5) is 0 Å². The largest absolute Gasteiger partial charge is 0.388 e. The minimum absolute atomic E-state index is 0.364. The van der Waals surface area contributed by atoms with Crippen molar-refractivity contribution in [2.24, 2.45) is 0 Å². The summed E-state index contributed by atoms with van der Waals surface area (Å²) in [4.78, 5) is 0. The molecule has 1 saturated heterocycles. The molecule has 0 bridgehead atoms. The van der Waals surface area contributed by atoms with Crippen LogP contribution in [-0.2, 0) is 9.47 Å². The smallest absolute Gasteiger partial charge is 0.0853 e. The first-order chi connectivity index (χ1) is 6.64. The summed E-state index contributed by atoms with van der Waals surface area (Å²) >= 11 is 0. The molecule has 0 radical (unpaired) electrons. The Kier molecular flexibility index (Phi) is 4.85. The Bertz CT molecular complexity index is 151. The molecule has 0 saturated carbocycles. The molecule has 84 valence electrons. The number of hydrogen-bond acceptors (Lipinski definition) is 3. The second kappa shape index (κ2) is 5.69. The maximum atomic E-state index is 9.93. The van der Waals surface area contributed by atoms with Gasteiger partial charge in [-0.05, 0) is 39.5 Å². The van der Waals surface area contributed by atoms with E-state index in [0.717, 1.165) is 32.3 Å². The fourth-order valence-corrected chi connectivity index (χ4v) is 1.74. The molecule has 3 heteroatoms. The zero-order valence-corrected chi connectivity index (χ0v) is 9.29. The minimum Gasteiger partial charge on any atom is -0.388 e. The average Bonchev–Trinajstić information content (AvgIpc) is 2.64. The van der Waals surface area contributed by atoms with Crippen molar-refractivity contribution in [2.45, 2.75) is 51.2 Å². The van der Waals surface area contributed by atoms with Crippen molar-refractivity contribution >= 4 is 0 Å². The molecular weight excluding hydrogens is 180 g/mol. The molecule has 0 aromatic carbocycles. The summed E-state index contributed by atoms with van der Waals surface area (Å²) in [5.74, 6) is 0. The standard InChI is InChI=1S/C11H22O3/c1-3-13-9-11(2,12)7-6-10-5-4-8-14-10/h10,12H,3-9H2,1-2H3. The van der Waals surface area contributed by atoms with Crippen LogP contribution >= 0.6 is 0 Å². The lowest BCUT2D eigenvalue weighted by molar-refractivity contribution is -0.0441. The molecule has 2 atom stereocenters. The van der Waals surface area contributed by atoms with Gasteiger partial charge in [-0.3, -0.25) is 0 Å². The molecule has 1 rings (SSSR count). The van der Waals surface area contributed by atoms with Gasteiger partial charge in [0.05, 0.1) is 18.3 Å². The maximum absolute atomic E-state index is 9.93. The number of rotatable bonds is 6. The predicted molar refractivity (Wildman–Crippen MR) is 55.3 cm³/mol. The van der Waals surface area contributed by atoms with Crippen molar-refractivity contribution in [2.75, 3.05) is 19.8 Å². The van der Waals surface area contributed by atoms with E-state index in [4.69, 9.17) is 9.47 Å². The summed E-state index contributed by atoms with van der Waals surface area (Å²) in [6.07, 6.45) is 4.38. The van der Waals surface area contributed by atoms with Gasteiger partial charge >= 0.3 is 0 Å². The first-order valence-electron chi connectivity index (χ1n) is 5.56. The van der Waals surface area contributed by atoms with Crippen LogP contribution in [0.3, 0.4) is 0 Å². The van der Waals surface area contributed by atoms with Crippen molar-refractivity contribution in [3.05, 3.63) is 0 Å². The van der Waals surface area contributed by atoms with Crippen LogP contribution in [0.1, 0.15) is 39.5 Å². The van der Waals surface area contributed by atoms with E-state index >= 15 is 0 Å². The molecule has 1 heterocycles. The van der Waals surface area contributed by atoms with Crippen LogP contribution < -0.4 is 0 Å². The highest BCUT2D eigenvalue weighted by Crippen LogP contribution is 2.21. The average molecular weight is 202 g/mol. The van der Waals surface area contributed by atoms with Crippen LogP contribution in [0.25, 0.3) is 0 Å². The molecule has 1 fully saturated rings. The van der Waals surface area contributed by atoms with Crippen molar-refractivity contribution < 1.29 is 14.6 Å². The van der Waals surface area contributed by atoms with Crippen molar-refractivity contribution in [3.8, 4) is 0 Å². The first kappa shape index (κ1) is 12.0.